The van der Waals surface area contributed by atoms with Gasteiger partial charge < -0.3 is 15.0 Å². The second kappa shape index (κ2) is 13.7. The Labute approximate surface area is 217 Å². The summed E-state index contributed by atoms with van der Waals surface area (Å²) in [6.07, 6.45) is 0.401. The molecule has 190 valence electrons. The molecule has 0 bridgehead atoms. The van der Waals surface area contributed by atoms with E-state index in [2.05, 4.69) is 5.32 Å². The average molecular weight is 509 g/mol. The summed E-state index contributed by atoms with van der Waals surface area (Å²) in [5.41, 5.74) is 2.79. The van der Waals surface area contributed by atoms with E-state index in [-0.39, 0.29) is 36.0 Å². The van der Waals surface area contributed by atoms with Gasteiger partial charge in [-0.15, -0.1) is 11.8 Å². The maximum Gasteiger partial charge on any atom is 0.243 e. The molecule has 1 N–H and O–H groups in total. The van der Waals surface area contributed by atoms with Gasteiger partial charge in [-0.1, -0.05) is 54.6 Å². The first-order valence-corrected chi connectivity index (χ1v) is 13.1. The number of hydrogen-bond acceptors (Lipinski definition) is 4. The number of carbonyl (C=O) groups is 2. The largest absolute Gasteiger partial charge is 0.497 e. The van der Waals surface area contributed by atoms with Crippen LogP contribution in [0.5, 0.6) is 5.75 Å². The number of rotatable bonds is 12. The molecule has 3 aromatic rings. The minimum Gasteiger partial charge on any atom is -0.497 e. The van der Waals surface area contributed by atoms with E-state index in [1.165, 1.54) is 23.9 Å². The first-order chi connectivity index (χ1) is 17.4. The van der Waals surface area contributed by atoms with Gasteiger partial charge in [0.15, 0.2) is 0 Å². The van der Waals surface area contributed by atoms with Crippen LogP contribution in [0.25, 0.3) is 0 Å². The average Bonchev–Trinajstić information content (AvgIpc) is 2.87. The number of benzene rings is 3. The van der Waals surface area contributed by atoms with Crippen LogP contribution in [0.3, 0.4) is 0 Å². The number of methoxy groups -OCH3 is 1. The molecule has 0 radical (unpaired) electrons. The monoisotopic (exact) mass is 508 g/mol. The van der Waals surface area contributed by atoms with Crippen molar-refractivity contribution >= 4 is 23.6 Å². The highest BCUT2D eigenvalue weighted by Crippen LogP contribution is 2.21. The van der Waals surface area contributed by atoms with Crippen molar-refractivity contribution in [1.29, 1.82) is 0 Å². The van der Waals surface area contributed by atoms with Crippen molar-refractivity contribution < 1.29 is 18.7 Å². The van der Waals surface area contributed by atoms with Crippen molar-refractivity contribution in [1.82, 2.24) is 10.2 Å². The van der Waals surface area contributed by atoms with Crippen molar-refractivity contribution in [2.45, 2.75) is 44.6 Å². The van der Waals surface area contributed by atoms with Crippen LogP contribution in [0, 0.1) is 5.82 Å². The summed E-state index contributed by atoms with van der Waals surface area (Å²) in [6, 6.07) is 22.8. The molecule has 0 fully saturated rings. The predicted octanol–water partition coefficient (Wildman–Crippen LogP) is 5.23. The molecule has 3 aromatic carbocycles. The van der Waals surface area contributed by atoms with Gasteiger partial charge >= 0.3 is 0 Å². The molecule has 3 rings (SSSR count). The molecule has 0 aromatic heterocycles. The van der Waals surface area contributed by atoms with Gasteiger partial charge in [0.1, 0.15) is 17.6 Å². The lowest BCUT2D eigenvalue weighted by Crippen LogP contribution is -2.52. The highest BCUT2D eigenvalue weighted by Gasteiger charge is 2.30. The standard InChI is InChI=1S/C29H33FN2O3S/c1-21(2)31-29(34)27(17-22-8-5-4-6-9-22)32(18-24-10-7-11-26(16-24)35-3)28(33)20-36-19-23-12-14-25(30)15-13-23/h4-16,21,27H,17-20H2,1-3H3,(H,31,34)/t27-/m1/s1. The third-order valence-corrected chi connectivity index (χ3v) is 6.59. The van der Waals surface area contributed by atoms with Crippen LogP contribution < -0.4 is 10.1 Å². The molecule has 1 atom stereocenters. The van der Waals surface area contributed by atoms with Crippen molar-refractivity contribution in [3.8, 4) is 5.75 Å². The predicted molar refractivity (Wildman–Crippen MR) is 143 cm³/mol. The van der Waals surface area contributed by atoms with Crippen LogP contribution in [0.1, 0.15) is 30.5 Å². The Balaban J connectivity index is 1.85. The van der Waals surface area contributed by atoms with Gasteiger partial charge in [-0.3, -0.25) is 9.59 Å². The summed E-state index contributed by atoms with van der Waals surface area (Å²) < 4.78 is 18.6. The molecular formula is C29H33FN2O3S. The molecule has 0 aliphatic rings. The Morgan fingerprint density at radius 1 is 0.944 bits per heavy atom. The molecule has 36 heavy (non-hydrogen) atoms. The second-order valence-electron chi connectivity index (χ2n) is 8.86. The number of ether oxygens (including phenoxy) is 1. The van der Waals surface area contributed by atoms with Crippen LogP contribution in [0.4, 0.5) is 4.39 Å². The summed E-state index contributed by atoms with van der Waals surface area (Å²) >= 11 is 1.45. The van der Waals surface area contributed by atoms with Crippen LogP contribution in [0.2, 0.25) is 0 Å². The van der Waals surface area contributed by atoms with Gasteiger partial charge in [-0.25, -0.2) is 4.39 Å². The summed E-state index contributed by atoms with van der Waals surface area (Å²) in [4.78, 5) is 28.6. The summed E-state index contributed by atoms with van der Waals surface area (Å²) in [5.74, 6) is 0.849. The number of halogens is 1. The third kappa shape index (κ3) is 8.41. The Bertz CT molecular complexity index is 1120. The van der Waals surface area contributed by atoms with E-state index in [4.69, 9.17) is 4.74 Å². The van der Waals surface area contributed by atoms with Gasteiger partial charge in [0.05, 0.1) is 12.9 Å². The van der Waals surface area contributed by atoms with E-state index >= 15 is 0 Å². The molecule has 5 nitrogen and oxygen atoms in total. The van der Waals surface area contributed by atoms with Crippen LogP contribution in [-0.2, 0) is 28.3 Å². The van der Waals surface area contributed by atoms with Crippen molar-refractivity contribution in [2.24, 2.45) is 0 Å². The van der Waals surface area contributed by atoms with Crippen molar-refractivity contribution in [3.63, 3.8) is 0 Å². The zero-order valence-electron chi connectivity index (χ0n) is 20.9. The van der Waals surface area contributed by atoms with E-state index in [1.807, 2.05) is 68.4 Å². The van der Waals surface area contributed by atoms with E-state index in [1.54, 1.807) is 24.1 Å². The Kier molecular flexibility index (Phi) is 10.4. The van der Waals surface area contributed by atoms with Crippen LogP contribution in [0.15, 0.2) is 78.9 Å². The molecule has 0 saturated carbocycles. The van der Waals surface area contributed by atoms with Gasteiger partial charge in [0.25, 0.3) is 0 Å². The molecule has 7 heteroatoms. The van der Waals surface area contributed by atoms with Gasteiger partial charge in [-0.05, 0) is 54.8 Å². The normalized spacial score (nSPS) is 11.7. The first kappa shape index (κ1) is 27.3. The molecule has 0 saturated heterocycles. The first-order valence-electron chi connectivity index (χ1n) is 11.9. The lowest BCUT2D eigenvalue weighted by Gasteiger charge is -2.32. The third-order valence-electron chi connectivity index (χ3n) is 5.60. The number of nitrogens with one attached hydrogen (secondary N) is 1. The van der Waals surface area contributed by atoms with Crippen molar-refractivity contribution in [2.75, 3.05) is 12.9 Å². The maximum atomic E-state index is 13.6. The minimum atomic E-state index is -0.681. The lowest BCUT2D eigenvalue weighted by atomic mass is 10.0. The zero-order chi connectivity index (χ0) is 25.9. The Hall–Kier alpha value is -3.32. The van der Waals surface area contributed by atoms with E-state index in [0.717, 1.165) is 16.7 Å². The molecular weight excluding hydrogens is 475 g/mol. The number of nitrogens with zero attached hydrogens (tertiary/aromatic N) is 1. The SMILES string of the molecule is COc1cccc(CN(C(=O)CSCc2ccc(F)cc2)[C@H](Cc2ccccc2)C(=O)NC(C)C)c1. The fraction of sp³-hybridized carbons (Fsp3) is 0.310. The fourth-order valence-electron chi connectivity index (χ4n) is 3.82. The van der Waals surface area contributed by atoms with Gasteiger partial charge in [0.2, 0.25) is 11.8 Å². The Morgan fingerprint density at radius 3 is 2.31 bits per heavy atom. The maximum absolute atomic E-state index is 13.6. The summed E-state index contributed by atoms with van der Waals surface area (Å²) in [5, 5.41) is 2.99. The van der Waals surface area contributed by atoms with Crippen LogP contribution >= 0.6 is 11.8 Å². The minimum absolute atomic E-state index is 0.0580. The quantitative estimate of drug-likeness (QED) is 0.364. The molecule has 0 aliphatic heterocycles. The van der Waals surface area contributed by atoms with E-state index in [9.17, 15) is 14.0 Å². The van der Waals surface area contributed by atoms with Crippen LogP contribution in [-0.4, -0.2) is 41.7 Å². The second-order valence-corrected chi connectivity index (χ2v) is 9.85. The number of thioether (sulfide) groups is 1. The van der Waals surface area contributed by atoms with Gasteiger partial charge in [0, 0.05) is 24.8 Å². The number of amides is 2. The fourth-order valence-corrected chi connectivity index (χ4v) is 4.69. The molecule has 0 heterocycles. The van der Waals surface area contributed by atoms with E-state index in [0.29, 0.717) is 17.9 Å². The molecule has 2 amide bonds. The number of carbonyl (C=O) groups excluding carboxylic acids is 2. The zero-order valence-corrected chi connectivity index (χ0v) is 21.8. The highest BCUT2D eigenvalue weighted by atomic mass is 32.2. The Morgan fingerprint density at radius 2 is 1.64 bits per heavy atom. The summed E-state index contributed by atoms with van der Waals surface area (Å²) in [7, 11) is 1.60. The lowest BCUT2D eigenvalue weighted by molar-refractivity contribution is -0.139. The molecule has 0 unspecified atom stereocenters. The molecule has 0 spiro atoms. The number of hydrogen-bond donors (Lipinski definition) is 1. The summed E-state index contributed by atoms with van der Waals surface area (Å²) in [6.45, 7) is 4.09. The van der Waals surface area contributed by atoms with Gasteiger partial charge in [-0.2, -0.15) is 0 Å². The van der Waals surface area contributed by atoms with E-state index < -0.39 is 6.04 Å². The topological polar surface area (TPSA) is 58.6 Å². The smallest absolute Gasteiger partial charge is 0.243 e. The van der Waals surface area contributed by atoms with Crippen molar-refractivity contribution in [3.05, 3.63) is 101 Å². The highest BCUT2D eigenvalue weighted by molar-refractivity contribution is 7.99. The molecule has 0 aliphatic carbocycles.